The first kappa shape index (κ1) is 19.4. The van der Waals surface area contributed by atoms with Crippen LogP contribution in [0, 0.1) is 0 Å². The van der Waals surface area contributed by atoms with E-state index in [1.807, 2.05) is 0 Å². The molecule has 2 N–H and O–H groups in total. The van der Waals surface area contributed by atoms with E-state index >= 15 is 0 Å². The lowest BCUT2D eigenvalue weighted by molar-refractivity contribution is 0.552. The first-order valence-electron chi connectivity index (χ1n) is 6.76. The van der Waals surface area contributed by atoms with Gasteiger partial charge in [0.1, 0.15) is 0 Å². The van der Waals surface area contributed by atoms with Crippen LogP contribution < -0.4 is 10.0 Å². The van der Waals surface area contributed by atoms with Crippen molar-refractivity contribution in [3.8, 4) is 0 Å². The van der Waals surface area contributed by atoms with Crippen LogP contribution >= 0.6 is 12.4 Å². The average molecular weight is 369 g/mol. The maximum absolute atomic E-state index is 12.1. The maximum Gasteiger partial charge on any atom is 0.240 e. The average Bonchev–Trinajstić information content (AvgIpc) is 2.88. The first-order chi connectivity index (χ1) is 9.76. The number of halogens is 1. The van der Waals surface area contributed by atoms with Crippen molar-refractivity contribution >= 4 is 32.3 Å². The lowest BCUT2D eigenvalue weighted by Crippen LogP contribution is -2.37. The molecule has 1 aliphatic rings. The van der Waals surface area contributed by atoms with Crippen molar-refractivity contribution in [2.24, 2.45) is 0 Å². The Balaban J connectivity index is 0.00000242. The molecule has 0 aromatic heterocycles. The topological polar surface area (TPSA) is 92.3 Å². The van der Waals surface area contributed by atoms with Gasteiger partial charge in [-0.05, 0) is 37.1 Å². The van der Waals surface area contributed by atoms with Crippen LogP contribution in [-0.2, 0) is 25.6 Å². The molecule has 126 valence electrons. The van der Waals surface area contributed by atoms with E-state index in [2.05, 4.69) is 10.0 Å². The van der Waals surface area contributed by atoms with Crippen LogP contribution in [0.1, 0.15) is 18.4 Å². The lowest BCUT2D eigenvalue weighted by Gasteiger charge is -2.12. The largest absolute Gasteiger partial charge is 0.313 e. The standard InChI is InChI=1S/C13H20N2O4S2.ClH/c1-20(16,17)10-11-4-6-13(7-5-11)21(18,19)15-9-12-3-2-8-14-12;/h4-7,12,14-15H,2-3,8-10H2,1H3;1H. The van der Waals surface area contributed by atoms with Crippen molar-refractivity contribution in [1.29, 1.82) is 0 Å². The first-order valence-corrected chi connectivity index (χ1v) is 10.3. The molecule has 1 unspecified atom stereocenters. The molecule has 0 aliphatic carbocycles. The van der Waals surface area contributed by atoms with Gasteiger partial charge >= 0.3 is 0 Å². The van der Waals surface area contributed by atoms with Crippen molar-refractivity contribution < 1.29 is 16.8 Å². The second-order valence-corrected chi connectivity index (χ2v) is 9.27. The summed E-state index contributed by atoms with van der Waals surface area (Å²) in [7, 11) is -6.67. The van der Waals surface area contributed by atoms with Crippen LogP contribution in [0.25, 0.3) is 0 Å². The highest BCUT2D eigenvalue weighted by atomic mass is 35.5. The van der Waals surface area contributed by atoms with Gasteiger partial charge in [-0.1, -0.05) is 12.1 Å². The highest BCUT2D eigenvalue weighted by molar-refractivity contribution is 7.90. The van der Waals surface area contributed by atoms with Gasteiger partial charge < -0.3 is 5.32 Å². The third kappa shape index (κ3) is 5.85. The minimum Gasteiger partial charge on any atom is -0.313 e. The molecule has 1 aliphatic heterocycles. The molecule has 9 heteroatoms. The Morgan fingerprint density at radius 1 is 1.18 bits per heavy atom. The summed E-state index contributed by atoms with van der Waals surface area (Å²) < 4.78 is 49.2. The summed E-state index contributed by atoms with van der Waals surface area (Å²) in [6.45, 7) is 1.29. The van der Waals surface area contributed by atoms with E-state index in [-0.39, 0.29) is 29.1 Å². The van der Waals surface area contributed by atoms with E-state index in [9.17, 15) is 16.8 Å². The molecule has 0 saturated carbocycles. The summed E-state index contributed by atoms with van der Waals surface area (Å²) in [6.07, 6.45) is 3.18. The quantitative estimate of drug-likeness (QED) is 0.770. The zero-order chi connectivity index (χ0) is 15.5. The Morgan fingerprint density at radius 3 is 2.32 bits per heavy atom. The fourth-order valence-corrected chi connectivity index (χ4v) is 4.17. The molecule has 1 atom stereocenters. The molecule has 0 spiro atoms. The Hall–Kier alpha value is -0.670. The number of sulfone groups is 1. The monoisotopic (exact) mass is 368 g/mol. The molecule has 6 nitrogen and oxygen atoms in total. The highest BCUT2D eigenvalue weighted by Crippen LogP contribution is 2.13. The van der Waals surface area contributed by atoms with Gasteiger partial charge in [0.05, 0.1) is 10.6 Å². The number of sulfonamides is 1. The molecule has 1 heterocycles. The maximum atomic E-state index is 12.1. The van der Waals surface area contributed by atoms with Crippen LogP contribution in [-0.4, -0.2) is 42.2 Å². The Labute approximate surface area is 138 Å². The van der Waals surface area contributed by atoms with E-state index < -0.39 is 19.9 Å². The van der Waals surface area contributed by atoms with E-state index in [0.29, 0.717) is 12.1 Å². The van der Waals surface area contributed by atoms with E-state index in [1.54, 1.807) is 0 Å². The third-order valence-electron chi connectivity index (χ3n) is 3.34. The number of hydrogen-bond donors (Lipinski definition) is 2. The smallest absolute Gasteiger partial charge is 0.240 e. The fraction of sp³-hybridized carbons (Fsp3) is 0.538. The summed E-state index contributed by atoms with van der Waals surface area (Å²) in [5.74, 6) is -0.0905. The molecule has 0 bridgehead atoms. The van der Waals surface area contributed by atoms with Gasteiger partial charge in [0.15, 0.2) is 9.84 Å². The molecular formula is C13H21ClN2O4S2. The Bertz CT molecular complexity index is 681. The molecule has 22 heavy (non-hydrogen) atoms. The lowest BCUT2D eigenvalue weighted by atomic mass is 10.2. The van der Waals surface area contributed by atoms with Gasteiger partial charge in [0.2, 0.25) is 10.0 Å². The fourth-order valence-electron chi connectivity index (χ4n) is 2.29. The van der Waals surface area contributed by atoms with Gasteiger partial charge in [-0.2, -0.15) is 0 Å². The molecule has 0 amide bonds. The second-order valence-electron chi connectivity index (χ2n) is 5.36. The van der Waals surface area contributed by atoms with Crippen LogP contribution in [0.4, 0.5) is 0 Å². The minimum atomic E-state index is -3.55. The minimum absolute atomic E-state index is 0. The summed E-state index contributed by atoms with van der Waals surface area (Å²) >= 11 is 0. The molecule has 2 rings (SSSR count). The molecular weight excluding hydrogens is 348 g/mol. The summed E-state index contributed by atoms with van der Waals surface area (Å²) in [5.41, 5.74) is 0.578. The summed E-state index contributed by atoms with van der Waals surface area (Å²) in [6, 6.07) is 6.12. The number of benzene rings is 1. The SMILES string of the molecule is CS(=O)(=O)Cc1ccc(S(=O)(=O)NCC2CCCN2)cc1.Cl. The van der Waals surface area contributed by atoms with Crippen LogP contribution in [0.3, 0.4) is 0 Å². The van der Waals surface area contributed by atoms with Crippen molar-refractivity contribution in [2.75, 3.05) is 19.3 Å². The van der Waals surface area contributed by atoms with Gasteiger partial charge in [-0.25, -0.2) is 21.6 Å². The van der Waals surface area contributed by atoms with Crippen molar-refractivity contribution in [2.45, 2.75) is 29.5 Å². The Kier molecular flexibility index (Phi) is 6.82. The van der Waals surface area contributed by atoms with Crippen LogP contribution in [0.5, 0.6) is 0 Å². The Morgan fingerprint density at radius 2 is 1.82 bits per heavy atom. The van der Waals surface area contributed by atoms with E-state index in [4.69, 9.17) is 0 Å². The predicted octanol–water partition coefficient (Wildman–Crippen LogP) is 0.683. The van der Waals surface area contributed by atoms with Gasteiger partial charge in [-0.3, -0.25) is 0 Å². The molecule has 1 aromatic carbocycles. The predicted molar refractivity (Wildman–Crippen MR) is 88.5 cm³/mol. The molecule has 0 radical (unpaired) electrons. The van der Waals surface area contributed by atoms with Crippen LogP contribution in [0.2, 0.25) is 0 Å². The third-order valence-corrected chi connectivity index (χ3v) is 5.64. The van der Waals surface area contributed by atoms with E-state index in [1.165, 1.54) is 24.3 Å². The molecule has 1 fully saturated rings. The molecule has 1 aromatic rings. The number of rotatable bonds is 6. The van der Waals surface area contributed by atoms with Crippen molar-refractivity contribution in [3.05, 3.63) is 29.8 Å². The van der Waals surface area contributed by atoms with Gasteiger partial charge in [0.25, 0.3) is 0 Å². The zero-order valence-corrected chi connectivity index (χ0v) is 14.7. The summed E-state index contributed by atoms with van der Waals surface area (Å²) in [5, 5.41) is 3.22. The second kappa shape index (κ2) is 7.74. The van der Waals surface area contributed by atoms with Crippen molar-refractivity contribution in [1.82, 2.24) is 10.0 Å². The molecule has 1 saturated heterocycles. The highest BCUT2D eigenvalue weighted by Gasteiger charge is 2.19. The van der Waals surface area contributed by atoms with Crippen LogP contribution in [0.15, 0.2) is 29.2 Å². The number of nitrogens with one attached hydrogen (secondary N) is 2. The normalized spacial score (nSPS) is 18.9. The summed E-state index contributed by atoms with van der Waals surface area (Å²) in [4.78, 5) is 0.151. The number of hydrogen-bond acceptors (Lipinski definition) is 5. The van der Waals surface area contributed by atoms with Gasteiger partial charge in [-0.15, -0.1) is 12.4 Å². The van der Waals surface area contributed by atoms with E-state index in [0.717, 1.165) is 25.6 Å². The van der Waals surface area contributed by atoms with Gasteiger partial charge in [0, 0.05) is 18.8 Å². The van der Waals surface area contributed by atoms with Crippen molar-refractivity contribution in [3.63, 3.8) is 0 Å². The zero-order valence-electron chi connectivity index (χ0n) is 12.3.